The summed E-state index contributed by atoms with van der Waals surface area (Å²) >= 11 is 0. The lowest BCUT2D eigenvalue weighted by Gasteiger charge is -2.30. The number of rotatable bonds is 5. The van der Waals surface area contributed by atoms with Crippen molar-refractivity contribution in [1.29, 1.82) is 0 Å². The number of fused-ring (bicyclic) bond motifs is 3. The first-order valence-electron chi connectivity index (χ1n) is 13.2. The number of pyridine rings is 1. The third-order valence-electron chi connectivity index (χ3n) is 7.05. The minimum atomic E-state index is -0.929. The minimum Gasteiger partial charge on any atom is -0.493 e. The predicted molar refractivity (Wildman–Crippen MR) is 152 cm³/mol. The van der Waals surface area contributed by atoms with Crippen LogP contribution < -0.4 is 4.74 Å². The van der Waals surface area contributed by atoms with Gasteiger partial charge < -0.3 is 14.2 Å². The molecule has 0 unspecified atom stereocenters. The molecule has 0 N–H and O–H groups in total. The standard InChI is InChI=1S/C33H31NO4/c1-5-36-32(35)31(38-33(2,3)4)29-24-13-9-7-11-22(24)21-10-6-8-12-23(21)28(29)25-14-15-26-27-20(17-19-37-26)16-18-34-30(25)27/h6-16,18,31H,5,17,19H2,1-4H3/t31-/m0/s1. The van der Waals surface area contributed by atoms with Crippen LogP contribution in [0.2, 0.25) is 0 Å². The third-order valence-corrected chi connectivity index (χ3v) is 7.05. The van der Waals surface area contributed by atoms with Crippen LogP contribution in [0, 0.1) is 0 Å². The van der Waals surface area contributed by atoms with E-state index in [0.29, 0.717) is 6.61 Å². The molecule has 2 heterocycles. The predicted octanol–water partition coefficient (Wildman–Crippen LogP) is 7.56. The topological polar surface area (TPSA) is 57.7 Å². The summed E-state index contributed by atoms with van der Waals surface area (Å²) in [4.78, 5) is 18.5. The van der Waals surface area contributed by atoms with Crippen LogP contribution in [0.5, 0.6) is 5.75 Å². The molecule has 4 aromatic carbocycles. The highest BCUT2D eigenvalue weighted by atomic mass is 16.6. The number of aromatic nitrogens is 1. The third kappa shape index (κ3) is 4.07. The Bertz CT molecular complexity index is 1690. The van der Waals surface area contributed by atoms with E-state index in [9.17, 15) is 4.79 Å². The summed E-state index contributed by atoms with van der Waals surface area (Å²) in [6, 6.07) is 22.7. The molecule has 5 nitrogen and oxygen atoms in total. The van der Waals surface area contributed by atoms with E-state index in [1.54, 1.807) is 0 Å². The van der Waals surface area contributed by atoms with Crippen molar-refractivity contribution >= 4 is 38.4 Å². The highest BCUT2D eigenvalue weighted by Gasteiger charge is 2.34. The van der Waals surface area contributed by atoms with Crippen molar-refractivity contribution in [3.05, 3.63) is 84.1 Å². The van der Waals surface area contributed by atoms with E-state index >= 15 is 0 Å². The van der Waals surface area contributed by atoms with Crippen LogP contribution in [-0.4, -0.2) is 29.8 Å². The monoisotopic (exact) mass is 505 g/mol. The second-order valence-corrected chi connectivity index (χ2v) is 10.6. The van der Waals surface area contributed by atoms with Crippen LogP contribution >= 0.6 is 0 Å². The van der Waals surface area contributed by atoms with Gasteiger partial charge in [0.2, 0.25) is 0 Å². The Hall–Kier alpha value is -3.96. The zero-order valence-electron chi connectivity index (χ0n) is 22.2. The first-order chi connectivity index (χ1) is 18.4. The first-order valence-corrected chi connectivity index (χ1v) is 13.2. The van der Waals surface area contributed by atoms with Crippen molar-refractivity contribution in [2.45, 2.75) is 45.8 Å². The van der Waals surface area contributed by atoms with Gasteiger partial charge in [-0.3, -0.25) is 4.98 Å². The van der Waals surface area contributed by atoms with Gasteiger partial charge in [-0.25, -0.2) is 4.79 Å². The molecule has 0 saturated carbocycles. The van der Waals surface area contributed by atoms with Gasteiger partial charge in [0.1, 0.15) is 5.75 Å². The summed E-state index contributed by atoms with van der Waals surface area (Å²) in [5.41, 5.74) is 4.17. The molecule has 1 aromatic heterocycles. The molecule has 1 aliphatic heterocycles. The number of ether oxygens (including phenoxy) is 3. The molecule has 0 spiro atoms. The average molecular weight is 506 g/mol. The van der Waals surface area contributed by atoms with Gasteiger partial charge >= 0.3 is 5.97 Å². The highest BCUT2D eigenvalue weighted by Crippen LogP contribution is 2.47. The molecule has 1 aliphatic rings. The molecule has 5 heteroatoms. The summed E-state index contributed by atoms with van der Waals surface area (Å²) in [5.74, 6) is 0.445. The van der Waals surface area contributed by atoms with Gasteiger partial charge in [-0.2, -0.15) is 0 Å². The molecule has 0 radical (unpaired) electrons. The van der Waals surface area contributed by atoms with E-state index in [2.05, 4.69) is 42.5 Å². The lowest BCUT2D eigenvalue weighted by Crippen LogP contribution is -2.29. The van der Waals surface area contributed by atoms with E-state index in [1.807, 2.05) is 58.2 Å². The lowest BCUT2D eigenvalue weighted by atomic mass is 9.84. The fourth-order valence-electron chi connectivity index (χ4n) is 5.63. The Kier molecular flexibility index (Phi) is 6.04. The van der Waals surface area contributed by atoms with Crippen molar-refractivity contribution < 1.29 is 19.0 Å². The molecule has 38 heavy (non-hydrogen) atoms. The number of benzene rings is 4. The van der Waals surface area contributed by atoms with Crippen molar-refractivity contribution in [3.8, 4) is 16.9 Å². The van der Waals surface area contributed by atoms with Crippen molar-refractivity contribution in [2.24, 2.45) is 0 Å². The zero-order valence-corrected chi connectivity index (χ0v) is 22.2. The van der Waals surface area contributed by atoms with Gasteiger partial charge in [-0.05, 0) is 78.6 Å². The van der Waals surface area contributed by atoms with Crippen LogP contribution in [0.4, 0.5) is 0 Å². The van der Waals surface area contributed by atoms with Gasteiger partial charge in [-0.15, -0.1) is 0 Å². The zero-order chi connectivity index (χ0) is 26.4. The van der Waals surface area contributed by atoms with E-state index < -0.39 is 17.7 Å². The molecule has 0 aliphatic carbocycles. The molecule has 6 rings (SSSR count). The van der Waals surface area contributed by atoms with Gasteiger partial charge in [0.15, 0.2) is 6.10 Å². The van der Waals surface area contributed by atoms with Crippen LogP contribution in [-0.2, 0) is 20.7 Å². The SMILES string of the molecule is CCOC(=O)[C@@H](OC(C)(C)C)c1c(-c2ccc3c4c(ccnc24)CCO3)c2ccccc2c2ccccc12. The van der Waals surface area contributed by atoms with Crippen molar-refractivity contribution in [1.82, 2.24) is 4.98 Å². The number of nitrogens with zero attached hydrogens (tertiary/aromatic N) is 1. The molecule has 0 bridgehead atoms. The van der Waals surface area contributed by atoms with Crippen LogP contribution in [0.25, 0.3) is 43.6 Å². The van der Waals surface area contributed by atoms with E-state index in [0.717, 1.165) is 61.3 Å². The summed E-state index contributed by atoms with van der Waals surface area (Å²) in [5, 5.41) is 5.20. The summed E-state index contributed by atoms with van der Waals surface area (Å²) in [7, 11) is 0. The molecule has 0 saturated heterocycles. The number of hydrogen-bond donors (Lipinski definition) is 0. The molecule has 0 fully saturated rings. The van der Waals surface area contributed by atoms with Crippen molar-refractivity contribution in [2.75, 3.05) is 13.2 Å². The average Bonchev–Trinajstić information content (AvgIpc) is 2.92. The molecule has 5 aromatic rings. The van der Waals surface area contributed by atoms with Crippen LogP contribution in [0.15, 0.2) is 72.9 Å². The summed E-state index contributed by atoms with van der Waals surface area (Å²) in [6.45, 7) is 8.63. The second kappa shape index (κ2) is 9.41. The number of carbonyl (C=O) groups is 1. The number of esters is 1. The van der Waals surface area contributed by atoms with E-state index in [4.69, 9.17) is 19.2 Å². The normalized spacial score (nSPS) is 14.0. The van der Waals surface area contributed by atoms with Crippen LogP contribution in [0.1, 0.15) is 44.9 Å². The molecular weight excluding hydrogens is 474 g/mol. The van der Waals surface area contributed by atoms with E-state index in [-0.39, 0.29) is 6.61 Å². The Morgan fingerprint density at radius 3 is 2.34 bits per heavy atom. The quantitative estimate of drug-likeness (QED) is 0.182. The Balaban J connectivity index is 1.79. The largest absolute Gasteiger partial charge is 0.493 e. The molecule has 1 atom stereocenters. The fraction of sp³-hybridized carbons (Fsp3) is 0.273. The Morgan fingerprint density at radius 2 is 1.63 bits per heavy atom. The van der Waals surface area contributed by atoms with E-state index in [1.165, 1.54) is 5.56 Å². The van der Waals surface area contributed by atoms with Gasteiger partial charge in [-0.1, -0.05) is 48.5 Å². The Labute approximate surface area is 222 Å². The number of hydrogen-bond acceptors (Lipinski definition) is 5. The summed E-state index contributed by atoms with van der Waals surface area (Å²) in [6.07, 6.45) is 1.77. The first kappa shape index (κ1) is 24.4. The van der Waals surface area contributed by atoms with Gasteiger partial charge in [0, 0.05) is 29.1 Å². The van der Waals surface area contributed by atoms with Crippen LogP contribution in [0.3, 0.4) is 0 Å². The minimum absolute atomic E-state index is 0.267. The molecular formula is C33H31NO4. The van der Waals surface area contributed by atoms with Gasteiger partial charge in [0.05, 0.1) is 24.3 Å². The van der Waals surface area contributed by atoms with Gasteiger partial charge in [0.25, 0.3) is 0 Å². The molecule has 192 valence electrons. The fourth-order valence-corrected chi connectivity index (χ4v) is 5.63. The highest BCUT2D eigenvalue weighted by molar-refractivity contribution is 6.19. The maximum atomic E-state index is 13.6. The second-order valence-electron chi connectivity index (χ2n) is 10.6. The Morgan fingerprint density at radius 1 is 0.947 bits per heavy atom. The lowest BCUT2D eigenvalue weighted by molar-refractivity contribution is -0.166. The smallest absolute Gasteiger partial charge is 0.340 e. The molecule has 0 amide bonds. The summed E-state index contributed by atoms with van der Waals surface area (Å²) < 4.78 is 18.2. The van der Waals surface area contributed by atoms with Crippen molar-refractivity contribution in [3.63, 3.8) is 0 Å². The maximum absolute atomic E-state index is 13.6. The maximum Gasteiger partial charge on any atom is 0.340 e. The number of carbonyl (C=O) groups excluding carboxylic acids is 1.